The van der Waals surface area contributed by atoms with E-state index in [9.17, 15) is 25.0 Å². The number of likely N-dealkylation sites (N-methyl/N-ethyl adjacent to an activating group) is 1. The van der Waals surface area contributed by atoms with Gasteiger partial charge in [-0.15, -0.1) is 0 Å². The lowest BCUT2D eigenvalue weighted by Crippen LogP contribution is -2.51. The van der Waals surface area contributed by atoms with Gasteiger partial charge in [0.15, 0.2) is 18.1 Å². The lowest BCUT2D eigenvalue weighted by atomic mass is 9.81. The molecule has 0 unspecified atom stereocenters. The van der Waals surface area contributed by atoms with E-state index in [2.05, 4.69) is 6.07 Å². The standard InChI is InChI=1S/C19H21N3O7/c1-21(19(12-20)5-3-2-4-6-19)17(23)11-29-18(24)13-9-15-16(28-8-7-27-15)10-14(13)22(25)26/h9-10H,2-8,11H2,1H3. The van der Waals surface area contributed by atoms with Crippen LogP contribution in [0.3, 0.4) is 0 Å². The van der Waals surface area contributed by atoms with Gasteiger partial charge in [0.2, 0.25) is 0 Å². The van der Waals surface area contributed by atoms with Crippen molar-refractivity contribution in [1.29, 1.82) is 5.26 Å². The van der Waals surface area contributed by atoms with Crippen LogP contribution >= 0.6 is 0 Å². The number of ether oxygens (including phenoxy) is 3. The number of carbonyl (C=O) groups excluding carboxylic acids is 2. The lowest BCUT2D eigenvalue weighted by Gasteiger charge is -2.38. The highest BCUT2D eigenvalue weighted by atomic mass is 16.6. The molecule has 1 aromatic rings. The van der Waals surface area contributed by atoms with E-state index in [-0.39, 0.29) is 30.3 Å². The zero-order valence-electron chi connectivity index (χ0n) is 16.0. The average molecular weight is 403 g/mol. The summed E-state index contributed by atoms with van der Waals surface area (Å²) < 4.78 is 15.7. The molecule has 0 saturated heterocycles. The van der Waals surface area contributed by atoms with Crippen LogP contribution in [0.15, 0.2) is 12.1 Å². The van der Waals surface area contributed by atoms with Gasteiger partial charge in [-0.3, -0.25) is 14.9 Å². The lowest BCUT2D eigenvalue weighted by molar-refractivity contribution is -0.385. The number of nitriles is 1. The molecule has 1 saturated carbocycles. The van der Waals surface area contributed by atoms with Crippen molar-refractivity contribution in [2.45, 2.75) is 37.6 Å². The third-order valence-electron chi connectivity index (χ3n) is 5.31. The Balaban J connectivity index is 1.72. The van der Waals surface area contributed by atoms with Crippen molar-refractivity contribution in [3.8, 4) is 17.6 Å². The normalized spacial score (nSPS) is 17.0. The first-order valence-electron chi connectivity index (χ1n) is 9.31. The Morgan fingerprint density at radius 3 is 2.45 bits per heavy atom. The molecule has 2 aliphatic rings. The van der Waals surface area contributed by atoms with Gasteiger partial charge in [0, 0.05) is 13.1 Å². The zero-order valence-corrected chi connectivity index (χ0v) is 16.0. The monoisotopic (exact) mass is 403 g/mol. The topological polar surface area (TPSA) is 132 Å². The highest BCUT2D eigenvalue weighted by Gasteiger charge is 2.39. The minimum atomic E-state index is -1.02. The maximum absolute atomic E-state index is 12.5. The van der Waals surface area contributed by atoms with Crippen LogP contribution in [0.25, 0.3) is 0 Å². The molecule has 0 radical (unpaired) electrons. The second kappa shape index (κ2) is 8.34. The van der Waals surface area contributed by atoms with Crippen LogP contribution in [0.5, 0.6) is 11.5 Å². The van der Waals surface area contributed by atoms with Gasteiger partial charge in [-0.2, -0.15) is 5.26 Å². The van der Waals surface area contributed by atoms with E-state index in [0.29, 0.717) is 12.8 Å². The average Bonchev–Trinajstić information content (AvgIpc) is 2.76. The summed E-state index contributed by atoms with van der Waals surface area (Å²) in [6.45, 7) is -0.126. The molecule has 0 bridgehead atoms. The molecule has 1 fully saturated rings. The maximum atomic E-state index is 12.5. The molecule has 10 nitrogen and oxygen atoms in total. The van der Waals surface area contributed by atoms with E-state index in [1.165, 1.54) is 18.0 Å². The van der Waals surface area contributed by atoms with E-state index >= 15 is 0 Å². The van der Waals surface area contributed by atoms with Crippen molar-refractivity contribution >= 4 is 17.6 Å². The molecule has 3 rings (SSSR count). The molecule has 1 heterocycles. The molecule has 29 heavy (non-hydrogen) atoms. The van der Waals surface area contributed by atoms with Crippen molar-refractivity contribution in [1.82, 2.24) is 4.90 Å². The number of rotatable bonds is 5. The SMILES string of the molecule is CN(C(=O)COC(=O)c1cc2c(cc1[N+](=O)[O-])OCCO2)C1(C#N)CCCCC1. The molecular weight excluding hydrogens is 382 g/mol. The van der Waals surface area contributed by atoms with Gasteiger partial charge in [0.05, 0.1) is 17.1 Å². The number of nitrogens with zero attached hydrogens (tertiary/aromatic N) is 3. The van der Waals surface area contributed by atoms with E-state index in [1.807, 2.05) is 0 Å². The predicted octanol–water partition coefficient (Wildman–Crippen LogP) is 2.21. The fourth-order valence-electron chi connectivity index (χ4n) is 3.59. The van der Waals surface area contributed by atoms with E-state index in [1.54, 1.807) is 0 Å². The number of carbonyl (C=O) groups is 2. The Labute approximate surface area is 167 Å². The summed E-state index contributed by atoms with van der Waals surface area (Å²) >= 11 is 0. The smallest absolute Gasteiger partial charge is 0.345 e. The van der Waals surface area contributed by atoms with Crippen molar-refractivity contribution in [3.05, 3.63) is 27.8 Å². The quantitative estimate of drug-likeness (QED) is 0.415. The van der Waals surface area contributed by atoms with Gasteiger partial charge in [-0.1, -0.05) is 19.3 Å². The molecular formula is C19H21N3O7. The van der Waals surface area contributed by atoms with Gasteiger partial charge in [0.25, 0.3) is 11.6 Å². The molecule has 0 atom stereocenters. The first kappa shape index (κ1) is 20.4. The number of amides is 1. The van der Waals surface area contributed by atoms with Crippen molar-refractivity contribution in [3.63, 3.8) is 0 Å². The minimum Gasteiger partial charge on any atom is -0.486 e. The number of benzene rings is 1. The maximum Gasteiger partial charge on any atom is 0.345 e. The van der Waals surface area contributed by atoms with Crippen molar-refractivity contribution < 1.29 is 28.7 Å². The summed E-state index contributed by atoms with van der Waals surface area (Å²) in [6.07, 6.45) is 3.82. The number of nitro groups is 1. The summed E-state index contributed by atoms with van der Waals surface area (Å²) in [4.78, 5) is 36.9. The molecule has 1 aromatic carbocycles. The number of nitro benzene ring substituents is 1. The highest BCUT2D eigenvalue weighted by Crippen LogP contribution is 2.37. The van der Waals surface area contributed by atoms with Crippen molar-refractivity contribution in [2.24, 2.45) is 0 Å². The Morgan fingerprint density at radius 1 is 1.24 bits per heavy atom. The van der Waals surface area contributed by atoms with E-state index in [0.717, 1.165) is 25.3 Å². The summed E-state index contributed by atoms with van der Waals surface area (Å²) in [5.41, 5.74) is -1.74. The Bertz CT molecular complexity index is 871. The third kappa shape index (κ3) is 4.08. The van der Waals surface area contributed by atoms with Crippen LogP contribution in [-0.2, 0) is 9.53 Å². The molecule has 0 aromatic heterocycles. The third-order valence-corrected chi connectivity index (χ3v) is 5.31. The van der Waals surface area contributed by atoms with Crippen LogP contribution in [-0.4, -0.2) is 54.1 Å². The summed E-state index contributed by atoms with van der Waals surface area (Å²) in [6, 6.07) is 4.51. The summed E-state index contributed by atoms with van der Waals surface area (Å²) in [5, 5.41) is 20.9. The molecule has 10 heteroatoms. The van der Waals surface area contributed by atoms with Gasteiger partial charge in [0.1, 0.15) is 24.3 Å². The first-order chi connectivity index (χ1) is 13.9. The van der Waals surface area contributed by atoms with E-state index in [4.69, 9.17) is 14.2 Å². The van der Waals surface area contributed by atoms with Crippen LogP contribution in [0.4, 0.5) is 5.69 Å². The van der Waals surface area contributed by atoms with Crippen LogP contribution < -0.4 is 9.47 Å². The van der Waals surface area contributed by atoms with Gasteiger partial charge in [-0.05, 0) is 12.8 Å². The summed E-state index contributed by atoms with van der Waals surface area (Å²) in [5.74, 6) is -1.20. The molecule has 0 N–H and O–H groups in total. The second-order valence-electron chi connectivity index (χ2n) is 7.00. The number of fused-ring (bicyclic) bond motifs is 1. The highest BCUT2D eigenvalue weighted by molar-refractivity contribution is 5.96. The van der Waals surface area contributed by atoms with Gasteiger partial charge < -0.3 is 19.1 Å². The fourth-order valence-corrected chi connectivity index (χ4v) is 3.59. The Morgan fingerprint density at radius 2 is 1.86 bits per heavy atom. The number of esters is 1. The molecule has 1 amide bonds. The van der Waals surface area contributed by atoms with E-state index < -0.39 is 34.6 Å². The predicted molar refractivity (Wildman–Crippen MR) is 98.6 cm³/mol. The fraction of sp³-hybridized carbons (Fsp3) is 0.526. The molecule has 0 spiro atoms. The molecule has 1 aliphatic carbocycles. The summed E-state index contributed by atoms with van der Waals surface area (Å²) in [7, 11) is 1.51. The number of hydrogen-bond acceptors (Lipinski definition) is 8. The minimum absolute atomic E-state index is 0.170. The largest absolute Gasteiger partial charge is 0.486 e. The Kier molecular flexibility index (Phi) is 5.87. The second-order valence-corrected chi connectivity index (χ2v) is 7.00. The van der Waals surface area contributed by atoms with Crippen LogP contribution in [0.2, 0.25) is 0 Å². The van der Waals surface area contributed by atoms with Gasteiger partial charge >= 0.3 is 5.97 Å². The van der Waals surface area contributed by atoms with Crippen LogP contribution in [0.1, 0.15) is 42.5 Å². The molecule has 154 valence electrons. The van der Waals surface area contributed by atoms with Crippen LogP contribution in [0, 0.1) is 21.4 Å². The number of hydrogen-bond donors (Lipinski definition) is 0. The van der Waals surface area contributed by atoms with Gasteiger partial charge in [-0.25, -0.2) is 4.79 Å². The first-order valence-corrected chi connectivity index (χ1v) is 9.31. The molecule has 1 aliphatic heterocycles. The van der Waals surface area contributed by atoms with Crippen molar-refractivity contribution in [2.75, 3.05) is 26.9 Å². The Hall–Kier alpha value is -3.35. The zero-order chi connectivity index (χ0) is 21.0.